The molecule has 1 aliphatic heterocycles. The summed E-state index contributed by atoms with van der Waals surface area (Å²) in [6.45, 7) is 1.80. The first-order valence-corrected chi connectivity index (χ1v) is 7.98. The van der Waals surface area contributed by atoms with Crippen LogP contribution >= 0.6 is 0 Å². The molecule has 3 nitrogen and oxygen atoms in total. The molecule has 0 aromatic heterocycles. The number of benzene rings is 1. The maximum atomic E-state index is 12.1. The maximum Gasteiger partial charge on any atom is 0.251 e. The van der Waals surface area contributed by atoms with Crippen molar-refractivity contribution in [2.75, 3.05) is 18.4 Å². The summed E-state index contributed by atoms with van der Waals surface area (Å²) in [5.74, 6) is 0.990. The number of nitrogens with one attached hydrogen (secondary N) is 2. The van der Waals surface area contributed by atoms with E-state index < -0.39 is 0 Å². The van der Waals surface area contributed by atoms with Gasteiger partial charge in [-0.3, -0.25) is 4.79 Å². The average molecular weight is 272 g/mol. The molecule has 0 saturated heterocycles. The van der Waals surface area contributed by atoms with Crippen molar-refractivity contribution < 1.29 is 4.79 Å². The van der Waals surface area contributed by atoms with Crippen LogP contribution in [0.5, 0.6) is 0 Å². The van der Waals surface area contributed by atoms with Gasteiger partial charge in [-0.05, 0) is 48.9 Å². The van der Waals surface area contributed by atoms with Crippen LogP contribution in [0.25, 0.3) is 0 Å². The molecule has 0 unspecified atom stereocenters. The number of hydrogen-bond donors (Lipinski definition) is 2. The smallest absolute Gasteiger partial charge is 0.251 e. The monoisotopic (exact) mass is 272 g/mol. The van der Waals surface area contributed by atoms with E-state index in [1.54, 1.807) is 0 Å². The molecule has 2 aliphatic rings. The number of hydrogen-bond acceptors (Lipinski definition) is 2. The van der Waals surface area contributed by atoms with Crippen molar-refractivity contribution in [3.8, 4) is 0 Å². The largest absolute Gasteiger partial charge is 0.384 e. The average Bonchev–Trinajstić information content (AvgIpc) is 3.13. The van der Waals surface area contributed by atoms with Crippen LogP contribution in [0, 0.1) is 5.92 Å². The van der Waals surface area contributed by atoms with E-state index in [1.807, 2.05) is 18.2 Å². The Morgan fingerprint density at radius 3 is 3.00 bits per heavy atom. The lowest BCUT2D eigenvalue weighted by Crippen LogP contribution is -2.24. The van der Waals surface area contributed by atoms with Gasteiger partial charge in [0.25, 0.3) is 5.91 Å². The first-order valence-electron chi connectivity index (χ1n) is 7.98. The molecule has 20 heavy (non-hydrogen) atoms. The lowest BCUT2D eigenvalue weighted by atomic mass is 10.0. The van der Waals surface area contributed by atoms with E-state index in [-0.39, 0.29) is 5.91 Å². The topological polar surface area (TPSA) is 41.1 Å². The van der Waals surface area contributed by atoms with Crippen LogP contribution in [0.15, 0.2) is 18.2 Å². The molecule has 108 valence electrons. The summed E-state index contributed by atoms with van der Waals surface area (Å²) in [6, 6.07) is 5.97. The minimum absolute atomic E-state index is 0.0751. The zero-order valence-corrected chi connectivity index (χ0v) is 12.1. The van der Waals surface area contributed by atoms with Crippen LogP contribution < -0.4 is 10.6 Å². The molecule has 3 rings (SSSR count). The van der Waals surface area contributed by atoms with Gasteiger partial charge in [-0.15, -0.1) is 0 Å². The third kappa shape index (κ3) is 3.14. The van der Waals surface area contributed by atoms with Gasteiger partial charge in [0.15, 0.2) is 0 Å². The molecule has 1 saturated carbocycles. The van der Waals surface area contributed by atoms with Gasteiger partial charge in [-0.2, -0.15) is 0 Å². The van der Waals surface area contributed by atoms with Gasteiger partial charge in [0.2, 0.25) is 0 Å². The van der Waals surface area contributed by atoms with Gasteiger partial charge >= 0.3 is 0 Å². The number of anilines is 1. The summed E-state index contributed by atoms with van der Waals surface area (Å²) >= 11 is 0. The number of carbonyl (C=O) groups excluding carboxylic acids is 1. The highest BCUT2D eigenvalue weighted by molar-refractivity contribution is 5.95. The third-order valence-corrected chi connectivity index (χ3v) is 4.63. The number of fused-ring (bicyclic) bond motifs is 1. The first-order chi connectivity index (χ1) is 9.83. The molecule has 0 spiro atoms. The van der Waals surface area contributed by atoms with Gasteiger partial charge in [0.1, 0.15) is 0 Å². The minimum Gasteiger partial charge on any atom is -0.384 e. The van der Waals surface area contributed by atoms with Crippen LogP contribution in [-0.2, 0) is 6.42 Å². The van der Waals surface area contributed by atoms with E-state index in [0.29, 0.717) is 0 Å². The fourth-order valence-corrected chi connectivity index (χ4v) is 3.44. The Morgan fingerprint density at radius 2 is 2.15 bits per heavy atom. The van der Waals surface area contributed by atoms with E-state index in [9.17, 15) is 4.79 Å². The molecule has 1 aliphatic carbocycles. The molecular weight excluding hydrogens is 248 g/mol. The summed E-state index contributed by atoms with van der Waals surface area (Å²) in [4.78, 5) is 12.1. The predicted octanol–water partition coefficient (Wildman–Crippen LogP) is 3.35. The van der Waals surface area contributed by atoms with Crippen LogP contribution in [0.1, 0.15) is 54.4 Å². The molecule has 1 fully saturated rings. The molecule has 0 bridgehead atoms. The fraction of sp³-hybridized carbons (Fsp3) is 0.588. The van der Waals surface area contributed by atoms with Crippen molar-refractivity contribution in [3.05, 3.63) is 29.3 Å². The van der Waals surface area contributed by atoms with Crippen molar-refractivity contribution in [3.63, 3.8) is 0 Å². The fourth-order valence-electron chi connectivity index (χ4n) is 3.44. The molecule has 1 amide bonds. The van der Waals surface area contributed by atoms with Crippen molar-refractivity contribution in [2.24, 2.45) is 5.92 Å². The van der Waals surface area contributed by atoms with Crippen molar-refractivity contribution in [1.29, 1.82) is 0 Å². The lowest BCUT2D eigenvalue weighted by molar-refractivity contribution is 0.0952. The SMILES string of the molecule is O=C(NCCCC1CCCC1)c1ccc2c(c1)CCN2. The Morgan fingerprint density at radius 1 is 1.30 bits per heavy atom. The second kappa shape index (κ2) is 6.29. The highest BCUT2D eigenvalue weighted by Crippen LogP contribution is 2.28. The van der Waals surface area contributed by atoms with Crippen molar-refractivity contribution in [1.82, 2.24) is 5.32 Å². The van der Waals surface area contributed by atoms with E-state index in [0.717, 1.165) is 37.4 Å². The molecule has 1 aromatic rings. The Labute approximate surface area is 121 Å². The van der Waals surface area contributed by atoms with Crippen molar-refractivity contribution in [2.45, 2.75) is 44.9 Å². The van der Waals surface area contributed by atoms with E-state index >= 15 is 0 Å². The molecule has 2 N–H and O–H groups in total. The first kappa shape index (κ1) is 13.5. The van der Waals surface area contributed by atoms with Crippen LogP contribution in [0.3, 0.4) is 0 Å². The van der Waals surface area contributed by atoms with E-state index in [2.05, 4.69) is 10.6 Å². The van der Waals surface area contributed by atoms with Crippen molar-refractivity contribution >= 4 is 11.6 Å². The van der Waals surface area contributed by atoms with E-state index in [1.165, 1.54) is 43.4 Å². The highest BCUT2D eigenvalue weighted by Gasteiger charge is 2.15. The molecule has 1 heterocycles. The second-order valence-electron chi connectivity index (χ2n) is 6.10. The molecule has 0 atom stereocenters. The number of carbonyl (C=O) groups is 1. The van der Waals surface area contributed by atoms with Crippen LogP contribution in [0.4, 0.5) is 5.69 Å². The summed E-state index contributed by atoms with van der Waals surface area (Å²) in [6.07, 6.45) is 9.01. The Hall–Kier alpha value is -1.51. The number of amides is 1. The molecule has 0 radical (unpaired) electrons. The molecule has 1 aromatic carbocycles. The normalized spacial score (nSPS) is 17.8. The van der Waals surface area contributed by atoms with Crippen LogP contribution in [0.2, 0.25) is 0 Å². The van der Waals surface area contributed by atoms with E-state index in [4.69, 9.17) is 0 Å². The molecule has 3 heteroatoms. The standard InChI is InChI=1S/C17H24N2O/c20-17(19-10-3-6-13-4-1-2-5-13)15-7-8-16-14(12-15)9-11-18-16/h7-8,12-13,18H,1-6,9-11H2,(H,19,20). The molecular formula is C17H24N2O. The lowest BCUT2D eigenvalue weighted by Gasteiger charge is -2.10. The minimum atomic E-state index is 0.0751. The maximum absolute atomic E-state index is 12.1. The zero-order chi connectivity index (χ0) is 13.8. The van der Waals surface area contributed by atoms with Gasteiger partial charge in [0.05, 0.1) is 0 Å². The second-order valence-corrected chi connectivity index (χ2v) is 6.10. The zero-order valence-electron chi connectivity index (χ0n) is 12.1. The van der Waals surface area contributed by atoms with Crippen LogP contribution in [-0.4, -0.2) is 19.0 Å². The third-order valence-electron chi connectivity index (χ3n) is 4.63. The number of rotatable bonds is 5. The van der Waals surface area contributed by atoms with Gasteiger partial charge in [-0.25, -0.2) is 0 Å². The highest BCUT2D eigenvalue weighted by atomic mass is 16.1. The van der Waals surface area contributed by atoms with Gasteiger partial charge in [-0.1, -0.05) is 25.7 Å². The predicted molar refractivity (Wildman–Crippen MR) is 82.2 cm³/mol. The Balaban J connectivity index is 1.44. The summed E-state index contributed by atoms with van der Waals surface area (Å²) < 4.78 is 0. The summed E-state index contributed by atoms with van der Waals surface area (Å²) in [7, 11) is 0. The quantitative estimate of drug-likeness (QED) is 0.807. The Bertz CT molecular complexity index is 478. The summed E-state index contributed by atoms with van der Waals surface area (Å²) in [5.41, 5.74) is 3.25. The van der Waals surface area contributed by atoms with Gasteiger partial charge < -0.3 is 10.6 Å². The van der Waals surface area contributed by atoms with Gasteiger partial charge in [0, 0.05) is 24.3 Å². The Kier molecular flexibility index (Phi) is 4.24. The summed E-state index contributed by atoms with van der Waals surface area (Å²) in [5, 5.41) is 6.37.